The first-order valence-corrected chi connectivity index (χ1v) is 8.51. The summed E-state index contributed by atoms with van der Waals surface area (Å²) in [7, 11) is 0. The summed E-state index contributed by atoms with van der Waals surface area (Å²) in [6.07, 6.45) is 2.57. The molecule has 1 unspecified atom stereocenters. The van der Waals surface area contributed by atoms with Gasteiger partial charge in [-0.1, -0.05) is 0 Å². The number of aromatic nitrogens is 4. The van der Waals surface area contributed by atoms with Crippen molar-refractivity contribution in [1.29, 1.82) is 5.41 Å². The van der Waals surface area contributed by atoms with Crippen molar-refractivity contribution >= 4 is 17.6 Å². The molecule has 0 saturated carbocycles. The van der Waals surface area contributed by atoms with Crippen molar-refractivity contribution in [3.8, 4) is 11.4 Å². The van der Waals surface area contributed by atoms with Gasteiger partial charge < -0.3 is 20.4 Å². The fourth-order valence-corrected chi connectivity index (χ4v) is 2.69. The average Bonchev–Trinajstić information content (AvgIpc) is 3.02. The number of H-pyrrole nitrogens is 1. The first-order chi connectivity index (χ1) is 13.1. The molecule has 0 amide bonds. The van der Waals surface area contributed by atoms with Gasteiger partial charge in [0.05, 0.1) is 36.5 Å². The van der Waals surface area contributed by atoms with Gasteiger partial charge >= 0.3 is 0 Å². The summed E-state index contributed by atoms with van der Waals surface area (Å²) in [6, 6.07) is 1.83. The van der Waals surface area contributed by atoms with Crippen LogP contribution >= 0.6 is 0 Å². The SMILES string of the molecule is N=C(/C=C\c1ncc(-c2cc(N3CCOCC(CN)C3)ncn2)[nH]1)C(F)F. The van der Waals surface area contributed by atoms with Crippen molar-refractivity contribution in [2.45, 2.75) is 6.43 Å². The van der Waals surface area contributed by atoms with Crippen LogP contribution in [0.1, 0.15) is 5.82 Å². The highest BCUT2D eigenvalue weighted by molar-refractivity contribution is 5.97. The molecule has 8 nitrogen and oxygen atoms in total. The van der Waals surface area contributed by atoms with Crippen molar-refractivity contribution in [3.63, 3.8) is 0 Å². The minimum Gasteiger partial charge on any atom is -0.379 e. The van der Waals surface area contributed by atoms with E-state index in [0.29, 0.717) is 43.5 Å². The van der Waals surface area contributed by atoms with Crippen molar-refractivity contribution in [2.75, 3.05) is 37.7 Å². The molecule has 0 aliphatic carbocycles. The first-order valence-electron chi connectivity index (χ1n) is 8.51. The van der Waals surface area contributed by atoms with Crippen LogP contribution in [0, 0.1) is 11.3 Å². The topological polar surface area (TPSA) is 117 Å². The number of nitrogens with one attached hydrogen (secondary N) is 2. The predicted octanol–water partition coefficient (Wildman–Crippen LogP) is 1.58. The number of halogens is 2. The van der Waals surface area contributed by atoms with Crippen LogP contribution < -0.4 is 10.6 Å². The molecule has 3 heterocycles. The van der Waals surface area contributed by atoms with Gasteiger partial charge in [-0.3, -0.25) is 5.41 Å². The van der Waals surface area contributed by atoms with Gasteiger partial charge in [0, 0.05) is 25.1 Å². The number of imidazole rings is 1. The largest absolute Gasteiger partial charge is 0.379 e. The van der Waals surface area contributed by atoms with E-state index in [4.69, 9.17) is 15.9 Å². The standard InChI is InChI=1S/C17H21F2N7O/c18-17(19)12(21)1-2-15-22-7-14(25-15)13-5-16(24-10-23-13)26-3-4-27-9-11(6-20)8-26/h1-2,5,7,10-11,17,21H,3-4,6,8-9,20H2,(H,22,25)/b2-1-,21-12?. The lowest BCUT2D eigenvalue weighted by atomic mass is 10.1. The van der Waals surface area contributed by atoms with Gasteiger partial charge in [0.25, 0.3) is 6.43 Å². The van der Waals surface area contributed by atoms with E-state index >= 15 is 0 Å². The molecule has 0 bridgehead atoms. The maximum Gasteiger partial charge on any atom is 0.279 e. The van der Waals surface area contributed by atoms with Crippen molar-refractivity contribution < 1.29 is 13.5 Å². The Morgan fingerprint density at radius 1 is 1.44 bits per heavy atom. The number of hydrogen-bond acceptors (Lipinski definition) is 7. The van der Waals surface area contributed by atoms with Crippen LogP contribution in [0.2, 0.25) is 0 Å². The van der Waals surface area contributed by atoms with Crippen LogP contribution in [-0.4, -0.2) is 64.9 Å². The normalized spacial score (nSPS) is 18.2. The monoisotopic (exact) mass is 377 g/mol. The van der Waals surface area contributed by atoms with Crippen LogP contribution in [0.4, 0.5) is 14.6 Å². The van der Waals surface area contributed by atoms with E-state index in [9.17, 15) is 8.78 Å². The lowest BCUT2D eigenvalue weighted by Crippen LogP contribution is -2.33. The van der Waals surface area contributed by atoms with E-state index in [0.717, 1.165) is 18.4 Å². The van der Waals surface area contributed by atoms with Crippen molar-refractivity contribution in [2.24, 2.45) is 11.7 Å². The number of nitrogens with zero attached hydrogens (tertiary/aromatic N) is 4. The van der Waals surface area contributed by atoms with Crippen LogP contribution in [0.25, 0.3) is 17.5 Å². The predicted molar refractivity (Wildman–Crippen MR) is 98.0 cm³/mol. The molecule has 144 valence electrons. The third-order valence-corrected chi connectivity index (χ3v) is 4.17. The maximum absolute atomic E-state index is 12.4. The second kappa shape index (κ2) is 8.78. The van der Waals surface area contributed by atoms with E-state index < -0.39 is 12.1 Å². The minimum atomic E-state index is -2.81. The van der Waals surface area contributed by atoms with E-state index in [1.54, 1.807) is 6.20 Å². The third-order valence-electron chi connectivity index (χ3n) is 4.17. The number of alkyl halides is 2. The van der Waals surface area contributed by atoms with Crippen LogP contribution in [0.3, 0.4) is 0 Å². The Morgan fingerprint density at radius 2 is 2.30 bits per heavy atom. The molecule has 4 N–H and O–H groups in total. The molecule has 27 heavy (non-hydrogen) atoms. The second-order valence-electron chi connectivity index (χ2n) is 6.16. The Bertz CT molecular complexity index is 808. The molecule has 1 saturated heterocycles. The Morgan fingerprint density at radius 3 is 3.07 bits per heavy atom. The Hall–Kier alpha value is -2.72. The Labute approximate surface area is 155 Å². The van der Waals surface area contributed by atoms with E-state index in [-0.39, 0.29) is 5.92 Å². The lowest BCUT2D eigenvalue weighted by Gasteiger charge is -2.23. The molecular weight excluding hydrogens is 356 g/mol. The zero-order valence-electron chi connectivity index (χ0n) is 14.6. The summed E-state index contributed by atoms with van der Waals surface area (Å²) in [6.45, 7) is 3.23. The molecule has 2 aromatic rings. The Kier molecular flexibility index (Phi) is 6.20. The quantitative estimate of drug-likeness (QED) is 0.658. The molecule has 10 heteroatoms. The highest BCUT2D eigenvalue weighted by Crippen LogP contribution is 2.21. The molecule has 0 radical (unpaired) electrons. The number of hydrogen-bond donors (Lipinski definition) is 3. The molecule has 3 rings (SSSR count). The summed E-state index contributed by atoms with van der Waals surface area (Å²) >= 11 is 0. The van der Waals surface area contributed by atoms with Crippen molar-refractivity contribution in [1.82, 2.24) is 19.9 Å². The third kappa shape index (κ3) is 4.92. The van der Waals surface area contributed by atoms with Gasteiger partial charge in [0.15, 0.2) is 0 Å². The fourth-order valence-electron chi connectivity index (χ4n) is 2.69. The number of rotatable bonds is 6. The summed E-state index contributed by atoms with van der Waals surface area (Å²) in [5.74, 6) is 1.36. The van der Waals surface area contributed by atoms with E-state index in [2.05, 4.69) is 24.8 Å². The second-order valence-corrected chi connectivity index (χ2v) is 6.16. The molecule has 0 aromatic carbocycles. The molecule has 1 aliphatic heterocycles. The average molecular weight is 377 g/mol. The van der Waals surface area contributed by atoms with Crippen LogP contribution in [0.15, 0.2) is 24.7 Å². The van der Waals surface area contributed by atoms with Gasteiger partial charge in [-0.25, -0.2) is 23.7 Å². The Balaban J connectivity index is 1.77. The molecular formula is C17H21F2N7O. The molecule has 1 atom stereocenters. The number of nitrogens with two attached hydrogens (primary N) is 1. The number of ether oxygens (including phenoxy) is 1. The lowest BCUT2D eigenvalue weighted by molar-refractivity contribution is 0.126. The van der Waals surface area contributed by atoms with Gasteiger partial charge in [0.2, 0.25) is 0 Å². The zero-order valence-corrected chi connectivity index (χ0v) is 14.6. The van der Waals surface area contributed by atoms with Gasteiger partial charge in [-0.15, -0.1) is 0 Å². The highest BCUT2D eigenvalue weighted by Gasteiger charge is 2.19. The number of anilines is 1. The first kappa shape index (κ1) is 19.1. The number of aromatic amines is 1. The van der Waals surface area contributed by atoms with E-state index in [1.165, 1.54) is 12.4 Å². The van der Waals surface area contributed by atoms with Gasteiger partial charge in [-0.2, -0.15) is 0 Å². The molecule has 2 aromatic heterocycles. The highest BCUT2D eigenvalue weighted by atomic mass is 19.3. The number of allylic oxidation sites excluding steroid dienone is 1. The van der Waals surface area contributed by atoms with Gasteiger partial charge in [-0.05, 0) is 18.7 Å². The fraction of sp³-hybridized carbons (Fsp3) is 0.412. The molecule has 1 fully saturated rings. The van der Waals surface area contributed by atoms with E-state index in [1.807, 2.05) is 6.07 Å². The summed E-state index contributed by atoms with van der Waals surface area (Å²) in [4.78, 5) is 17.8. The molecule has 1 aliphatic rings. The minimum absolute atomic E-state index is 0.236. The van der Waals surface area contributed by atoms with Crippen molar-refractivity contribution in [3.05, 3.63) is 30.5 Å². The summed E-state index contributed by atoms with van der Waals surface area (Å²) in [5, 5.41) is 7.13. The maximum atomic E-state index is 12.4. The smallest absolute Gasteiger partial charge is 0.279 e. The zero-order chi connectivity index (χ0) is 19.2. The summed E-state index contributed by atoms with van der Waals surface area (Å²) < 4.78 is 30.3. The molecule has 0 spiro atoms. The van der Waals surface area contributed by atoms with Crippen LogP contribution in [-0.2, 0) is 4.74 Å². The van der Waals surface area contributed by atoms with Crippen LogP contribution in [0.5, 0.6) is 0 Å². The van der Waals surface area contributed by atoms with Gasteiger partial charge in [0.1, 0.15) is 18.0 Å². The summed E-state index contributed by atoms with van der Waals surface area (Å²) in [5.41, 5.74) is 6.27.